The summed E-state index contributed by atoms with van der Waals surface area (Å²) in [6.45, 7) is 5.96. The molecule has 0 heterocycles. The summed E-state index contributed by atoms with van der Waals surface area (Å²) in [5.74, 6) is -0.269. The molecule has 0 aliphatic heterocycles. The maximum atomic E-state index is 14.6. The number of carbonyl (C=O) groups is 2. The minimum Gasteiger partial charge on any atom is -0.494 e. The SMILES string of the molecule is CCOc1ccc(N(CC(=O)N(Cc2ccc(Cl)c(Cl)c2)[C@@H](Cc2ccccc2)C(=O)NCC(C)C)S(=O)(=O)c2ccc(Cl)cc2)cc1. The molecule has 4 aromatic rings. The van der Waals surface area contributed by atoms with E-state index in [0.29, 0.717) is 34.5 Å². The first-order chi connectivity index (χ1) is 22.9. The van der Waals surface area contributed by atoms with E-state index in [1.807, 2.05) is 51.1 Å². The summed E-state index contributed by atoms with van der Waals surface area (Å²) in [6, 6.07) is 25.4. The smallest absolute Gasteiger partial charge is 0.264 e. The van der Waals surface area contributed by atoms with Gasteiger partial charge in [-0.2, -0.15) is 0 Å². The molecule has 48 heavy (non-hydrogen) atoms. The Kier molecular flexibility index (Phi) is 13.2. The highest BCUT2D eigenvalue weighted by molar-refractivity contribution is 7.92. The number of amides is 2. The summed E-state index contributed by atoms with van der Waals surface area (Å²) in [5.41, 5.74) is 1.67. The lowest BCUT2D eigenvalue weighted by Crippen LogP contribution is -2.53. The number of rotatable bonds is 15. The molecule has 0 aromatic heterocycles. The highest BCUT2D eigenvalue weighted by Crippen LogP contribution is 2.29. The van der Waals surface area contributed by atoms with Crippen molar-refractivity contribution in [3.63, 3.8) is 0 Å². The van der Waals surface area contributed by atoms with Gasteiger partial charge in [0.15, 0.2) is 0 Å². The molecule has 254 valence electrons. The second-order valence-electron chi connectivity index (χ2n) is 11.5. The van der Waals surface area contributed by atoms with E-state index >= 15 is 0 Å². The molecule has 0 aliphatic carbocycles. The number of sulfonamides is 1. The fourth-order valence-electron chi connectivity index (χ4n) is 4.95. The molecule has 4 rings (SSSR count). The normalized spacial score (nSPS) is 12.0. The van der Waals surface area contributed by atoms with Crippen LogP contribution in [-0.2, 0) is 32.6 Å². The number of hydrogen-bond acceptors (Lipinski definition) is 5. The minimum absolute atomic E-state index is 0.0412. The minimum atomic E-state index is -4.29. The van der Waals surface area contributed by atoms with Crippen molar-refractivity contribution in [1.29, 1.82) is 0 Å². The Labute approximate surface area is 297 Å². The van der Waals surface area contributed by atoms with Crippen molar-refractivity contribution in [2.45, 2.75) is 44.7 Å². The van der Waals surface area contributed by atoms with Gasteiger partial charge < -0.3 is 15.0 Å². The molecular formula is C36H38Cl3N3O5S. The van der Waals surface area contributed by atoms with Gasteiger partial charge in [0.1, 0.15) is 18.3 Å². The van der Waals surface area contributed by atoms with Gasteiger partial charge in [-0.1, -0.05) is 85.0 Å². The zero-order chi connectivity index (χ0) is 34.8. The van der Waals surface area contributed by atoms with Gasteiger partial charge in [0.25, 0.3) is 10.0 Å². The van der Waals surface area contributed by atoms with Crippen molar-refractivity contribution in [3.8, 4) is 5.75 Å². The number of anilines is 1. The standard InChI is InChI=1S/C36H38Cl3N3O5S/c1-4-47-30-15-13-29(14-16-30)42(48(45,46)31-17-11-28(37)12-18-31)24-35(43)41(23-27-10-19-32(38)33(39)20-27)34(36(44)40-22-25(2)3)21-26-8-6-5-7-9-26/h5-20,25,34H,4,21-24H2,1-3H3,(H,40,44)/t34-/m0/s1. The Balaban J connectivity index is 1.81. The average molecular weight is 731 g/mol. The van der Waals surface area contributed by atoms with Crippen LogP contribution in [0, 0.1) is 5.92 Å². The fraction of sp³-hybridized carbons (Fsp3) is 0.278. The monoisotopic (exact) mass is 729 g/mol. The predicted molar refractivity (Wildman–Crippen MR) is 192 cm³/mol. The maximum Gasteiger partial charge on any atom is 0.264 e. The van der Waals surface area contributed by atoms with Gasteiger partial charge in [-0.25, -0.2) is 8.42 Å². The number of halogens is 3. The van der Waals surface area contributed by atoms with Crippen LogP contribution in [0.15, 0.2) is 102 Å². The zero-order valence-corrected chi connectivity index (χ0v) is 30.0. The van der Waals surface area contributed by atoms with E-state index in [-0.39, 0.29) is 40.4 Å². The van der Waals surface area contributed by atoms with E-state index in [2.05, 4.69) is 5.32 Å². The van der Waals surface area contributed by atoms with Gasteiger partial charge >= 0.3 is 0 Å². The molecule has 8 nitrogen and oxygen atoms in total. The summed E-state index contributed by atoms with van der Waals surface area (Å²) < 4.78 is 35.0. The number of ether oxygens (including phenoxy) is 1. The number of nitrogens with zero attached hydrogens (tertiary/aromatic N) is 2. The van der Waals surface area contributed by atoms with Crippen molar-refractivity contribution in [2.75, 3.05) is 24.0 Å². The Bertz CT molecular complexity index is 1790. The molecule has 1 N–H and O–H groups in total. The van der Waals surface area contributed by atoms with Crippen LogP contribution in [0.1, 0.15) is 31.9 Å². The fourth-order valence-corrected chi connectivity index (χ4v) is 6.81. The molecule has 0 spiro atoms. The number of carbonyl (C=O) groups excluding carboxylic acids is 2. The molecule has 0 aliphatic rings. The van der Waals surface area contributed by atoms with E-state index in [9.17, 15) is 18.0 Å². The van der Waals surface area contributed by atoms with Crippen LogP contribution in [0.2, 0.25) is 15.1 Å². The van der Waals surface area contributed by atoms with Crippen LogP contribution in [0.3, 0.4) is 0 Å². The summed E-state index contributed by atoms with van der Waals surface area (Å²) in [5, 5.41) is 3.95. The third kappa shape index (κ3) is 9.89. The molecule has 4 aromatic carbocycles. The summed E-state index contributed by atoms with van der Waals surface area (Å²) in [6.07, 6.45) is 0.185. The van der Waals surface area contributed by atoms with Crippen molar-refractivity contribution >= 4 is 62.3 Å². The van der Waals surface area contributed by atoms with Gasteiger partial charge in [0.05, 0.1) is 27.2 Å². The maximum absolute atomic E-state index is 14.6. The number of hydrogen-bond donors (Lipinski definition) is 1. The summed E-state index contributed by atoms with van der Waals surface area (Å²) >= 11 is 18.6. The molecule has 2 amide bonds. The van der Waals surface area contributed by atoms with E-state index in [1.165, 1.54) is 29.2 Å². The third-order valence-corrected chi connectivity index (χ3v) is 10.2. The van der Waals surface area contributed by atoms with Gasteiger partial charge in [0, 0.05) is 24.5 Å². The average Bonchev–Trinajstić information content (AvgIpc) is 3.06. The van der Waals surface area contributed by atoms with Crippen LogP contribution >= 0.6 is 34.8 Å². The van der Waals surface area contributed by atoms with Crippen LogP contribution in [0.4, 0.5) is 5.69 Å². The number of nitrogens with one attached hydrogen (secondary N) is 1. The Hall–Kier alpha value is -3.76. The van der Waals surface area contributed by atoms with Gasteiger partial charge in [-0.05, 0) is 84.6 Å². The first-order valence-corrected chi connectivity index (χ1v) is 18.0. The van der Waals surface area contributed by atoms with Crippen LogP contribution in [0.25, 0.3) is 0 Å². The van der Waals surface area contributed by atoms with Gasteiger partial charge in [-0.15, -0.1) is 0 Å². The van der Waals surface area contributed by atoms with Crippen molar-refractivity contribution in [1.82, 2.24) is 10.2 Å². The third-order valence-electron chi connectivity index (χ3n) is 7.41. The molecule has 1 atom stereocenters. The van der Waals surface area contributed by atoms with E-state index in [1.54, 1.807) is 42.5 Å². The quantitative estimate of drug-likeness (QED) is 0.136. The van der Waals surface area contributed by atoms with Crippen LogP contribution in [0.5, 0.6) is 5.75 Å². The second kappa shape index (κ2) is 17.1. The Morgan fingerprint density at radius 1 is 0.833 bits per heavy atom. The predicted octanol–water partition coefficient (Wildman–Crippen LogP) is 7.65. The molecule has 0 fully saturated rings. The molecule has 0 saturated heterocycles. The Morgan fingerprint density at radius 3 is 2.10 bits per heavy atom. The first kappa shape index (κ1) is 37.1. The molecule has 12 heteroatoms. The number of benzene rings is 4. The van der Waals surface area contributed by atoms with Gasteiger partial charge in [-0.3, -0.25) is 13.9 Å². The first-order valence-electron chi connectivity index (χ1n) is 15.4. The zero-order valence-electron chi connectivity index (χ0n) is 26.9. The van der Waals surface area contributed by atoms with E-state index in [0.717, 1.165) is 9.87 Å². The lowest BCUT2D eigenvalue weighted by Gasteiger charge is -2.34. The molecule has 0 saturated carbocycles. The highest BCUT2D eigenvalue weighted by atomic mass is 35.5. The molecule has 0 bridgehead atoms. The van der Waals surface area contributed by atoms with Crippen LogP contribution < -0.4 is 14.4 Å². The lowest BCUT2D eigenvalue weighted by atomic mass is 10.0. The van der Waals surface area contributed by atoms with Crippen molar-refractivity contribution in [3.05, 3.63) is 123 Å². The molecule has 0 unspecified atom stereocenters. The summed E-state index contributed by atoms with van der Waals surface area (Å²) in [7, 11) is -4.29. The Morgan fingerprint density at radius 2 is 1.50 bits per heavy atom. The lowest BCUT2D eigenvalue weighted by molar-refractivity contribution is -0.140. The van der Waals surface area contributed by atoms with Gasteiger partial charge in [0.2, 0.25) is 11.8 Å². The summed E-state index contributed by atoms with van der Waals surface area (Å²) in [4.78, 5) is 29.8. The van der Waals surface area contributed by atoms with Crippen molar-refractivity contribution < 1.29 is 22.7 Å². The topological polar surface area (TPSA) is 96.0 Å². The van der Waals surface area contributed by atoms with E-state index < -0.39 is 28.5 Å². The van der Waals surface area contributed by atoms with Crippen molar-refractivity contribution in [2.24, 2.45) is 5.92 Å². The largest absolute Gasteiger partial charge is 0.494 e. The highest BCUT2D eigenvalue weighted by Gasteiger charge is 2.35. The second-order valence-corrected chi connectivity index (χ2v) is 14.6. The van der Waals surface area contributed by atoms with E-state index in [4.69, 9.17) is 39.5 Å². The molecule has 0 radical (unpaired) electrons. The molecular weight excluding hydrogens is 693 g/mol. The van der Waals surface area contributed by atoms with Crippen LogP contribution in [-0.4, -0.2) is 50.9 Å².